The molecule has 1 saturated heterocycles. The predicted molar refractivity (Wildman–Crippen MR) is 94.2 cm³/mol. The summed E-state index contributed by atoms with van der Waals surface area (Å²) in [6, 6.07) is 15.2. The minimum absolute atomic E-state index is 0.00878. The lowest BCUT2D eigenvalue weighted by molar-refractivity contribution is 0.0498. The van der Waals surface area contributed by atoms with Crippen molar-refractivity contribution < 1.29 is 4.79 Å². The van der Waals surface area contributed by atoms with E-state index in [1.807, 2.05) is 23.1 Å². The van der Waals surface area contributed by atoms with Crippen molar-refractivity contribution >= 4 is 29.1 Å². The second kappa shape index (κ2) is 6.91. The third kappa shape index (κ3) is 3.52. The van der Waals surface area contributed by atoms with Gasteiger partial charge in [0.05, 0.1) is 16.1 Å². The maximum atomic E-state index is 13.0. The van der Waals surface area contributed by atoms with Gasteiger partial charge in [0.2, 0.25) is 0 Å². The van der Waals surface area contributed by atoms with Gasteiger partial charge in [0.25, 0.3) is 5.91 Å². The molecule has 2 aromatic rings. The maximum absolute atomic E-state index is 13.0. The third-order valence-corrected chi connectivity index (χ3v) is 4.93. The van der Waals surface area contributed by atoms with Gasteiger partial charge in [-0.2, -0.15) is 0 Å². The fraction of sp³-hybridized carbons (Fsp3) is 0.278. The Morgan fingerprint density at radius 2 is 1.78 bits per heavy atom. The van der Waals surface area contributed by atoms with E-state index >= 15 is 0 Å². The van der Waals surface area contributed by atoms with Crippen molar-refractivity contribution in [2.75, 3.05) is 26.7 Å². The summed E-state index contributed by atoms with van der Waals surface area (Å²) in [5.74, 6) is -0.00878. The summed E-state index contributed by atoms with van der Waals surface area (Å²) >= 11 is 12.0. The molecule has 5 heteroatoms. The van der Waals surface area contributed by atoms with Crippen molar-refractivity contribution in [2.45, 2.75) is 6.04 Å². The van der Waals surface area contributed by atoms with Gasteiger partial charge in [0.1, 0.15) is 0 Å². The molecule has 0 saturated carbocycles. The number of piperazine rings is 1. The number of carbonyl (C=O) groups is 1. The Balaban J connectivity index is 1.91. The summed E-state index contributed by atoms with van der Waals surface area (Å²) in [6.45, 7) is 2.36. The summed E-state index contributed by atoms with van der Waals surface area (Å²) in [5.41, 5.74) is 1.72. The van der Waals surface area contributed by atoms with Gasteiger partial charge in [-0.05, 0) is 30.8 Å². The minimum Gasteiger partial charge on any atom is -0.329 e. The fourth-order valence-corrected chi connectivity index (χ4v) is 3.22. The molecule has 0 spiro atoms. The maximum Gasteiger partial charge on any atom is 0.254 e. The Labute approximate surface area is 146 Å². The van der Waals surface area contributed by atoms with E-state index in [0.29, 0.717) is 22.2 Å². The second-order valence-corrected chi connectivity index (χ2v) is 6.63. The number of amides is 1. The molecule has 0 aliphatic carbocycles. The normalized spacial score (nSPS) is 18.9. The van der Waals surface area contributed by atoms with Gasteiger partial charge in [-0.25, -0.2) is 0 Å². The average Bonchev–Trinajstić information content (AvgIpc) is 2.57. The first kappa shape index (κ1) is 16.3. The molecule has 0 radical (unpaired) electrons. The molecule has 1 atom stereocenters. The number of hydrogen-bond acceptors (Lipinski definition) is 2. The first-order valence-corrected chi connectivity index (χ1v) is 8.31. The number of halogens is 2. The lowest BCUT2D eigenvalue weighted by Gasteiger charge is -2.40. The highest BCUT2D eigenvalue weighted by atomic mass is 35.5. The Hall–Kier alpha value is -1.55. The molecule has 3 nitrogen and oxygen atoms in total. The van der Waals surface area contributed by atoms with Crippen molar-refractivity contribution in [1.82, 2.24) is 9.80 Å². The monoisotopic (exact) mass is 348 g/mol. The zero-order chi connectivity index (χ0) is 16.4. The van der Waals surface area contributed by atoms with Gasteiger partial charge in [-0.1, -0.05) is 53.5 Å². The summed E-state index contributed by atoms with van der Waals surface area (Å²) in [7, 11) is 2.08. The molecule has 1 heterocycles. The number of likely N-dealkylation sites (N-methyl/N-ethyl adjacent to an activating group) is 1. The highest BCUT2D eigenvalue weighted by Crippen LogP contribution is 2.28. The Kier molecular flexibility index (Phi) is 4.90. The molecule has 2 aromatic carbocycles. The van der Waals surface area contributed by atoms with Gasteiger partial charge in [-0.15, -0.1) is 0 Å². The summed E-state index contributed by atoms with van der Waals surface area (Å²) in [6.07, 6.45) is 0. The van der Waals surface area contributed by atoms with Crippen molar-refractivity contribution in [3.05, 3.63) is 69.7 Å². The molecule has 1 amide bonds. The van der Waals surface area contributed by atoms with Crippen LogP contribution in [0.3, 0.4) is 0 Å². The molecule has 1 aliphatic rings. The Morgan fingerprint density at radius 3 is 2.48 bits per heavy atom. The molecule has 0 unspecified atom stereocenters. The van der Waals surface area contributed by atoms with Crippen LogP contribution in [0.2, 0.25) is 10.0 Å². The van der Waals surface area contributed by atoms with E-state index in [-0.39, 0.29) is 11.9 Å². The van der Waals surface area contributed by atoms with Crippen LogP contribution in [0.4, 0.5) is 0 Å². The van der Waals surface area contributed by atoms with Crippen molar-refractivity contribution in [3.8, 4) is 0 Å². The largest absolute Gasteiger partial charge is 0.329 e. The number of carbonyl (C=O) groups excluding carboxylic acids is 1. The van der Waals surface area contributed by atoms with Crippen LogP contribution < -0.4 is 0 Å². The van der Waals surface area contributed by atoms with Gasteiger partial charge in [0.15, 0.2) is 0 Å². The van der Waals surface area contributed by atoms with E-state index in [9.17, 15) is 4.79 Å². The minimum atomic E-state index is -0.00878. The lowest BCUT2D eigenvalue weighted by Crippen LogP contribution is -2.49. The van der Waals surface area contributed by atoms with E-state index in [1.54, 1.807) is 18.2 Å². The standard InChI is InChI=1S/C18H18Cl2N2O/c1-21-9-10-22(17(12-21)13-5-3-2-4-6-13)18(23)14-7-8-15(19)16(20)11-14/h2-8,11,17H,9-10,12H2,1H3/t17-/m0/s1. The molecule has 0 aromatic heterocycles. The van der Waals surface area contributed by atoms with Crippen LogP contribution in [0, 0.1) is 0 Å². The highest BCUT2D eigenvalue weighted by molar-refractivity contribution is 6.42. The molecule has 0 bridgehead atoms. The van der Waals surface area contributed by atoms with Crippen molar-refractivity contribution in [3.63, 3.8) is 0 Å². The topological polar surface area (TPSA) is 23.6 Å². The smallest absolute Gasteiger partial charge is 0.254 e. The van der Waals surface area contributed by atoms with Gasteiger partial charge < -0.3 is 9.80 Å². The van der Waals surface area contributed by atoms with Crippen LogP contribution in [0.1, 0.15) is 22.0 Å². The molecule has 1 fully saturated rings. The van der Waals surface area contributed by atoms with Crippen LogP contribution in [0.15, 0.2) is 48.5 Å². The Bertz CT molecular complexity index is 705. The van der Waals surface area contributed by atoms with E-state index in [1.165, 1.54) is 0 Å². The van der Waals surface area contributed by atoms with Crippen molar-refractivity contribution in [2.24, 2.45) is 0 Å². The zero-order valence-corrected chi connectivity index (χ0v) is 14.4. The van der Waals surface area contributed by atoms with E-state index in [0.717, 1.165) is 18.7 Å². The number of nitrogens with zero attached hydrogens (tertiary/aromatic N) is 2. The van der Waals surface area contributed by atoms with Crippen LogP contribution in [-0.4, -0.2) is 42.4 Å². The molecule has 3 rings (SSSR count). The summed E-state index contributed by atoms with van der Waals surface area (Å²) in [5, 5.41) is 0.865. The zero-order valence-electron chi connectivity index (χ0n) is 12.9. The quantitative estimate of drug-likeness (QED) is 0.814. The van der Waals surface area contributed by atoms with E-state index < -0.39 is 0 Å². The van der Waals surface area contributed by atoms with Crippen molar-refractivity contribution in [1.29, 1.82) is 0 Å². The van der Waals surface area contributed by atoms with Crippen LogP contribution in [-0.2, 0) is 0 Å². The summed E-state index contributed by atoms with van der Waals surface area (Å²) in [4.78, 5) is 17.1. The van der Waals surface area contributed by atoms with Crippen LogP contribution in [0.25, 0.3) is 0 Å². The molecule has 23 heavy (non-hydrogen) atoms. The predicted octanol–water partition coefficient (Wildman–Crippen LogP) is 4.12. The lowest BCUT2D eigenvalue weighted by atomic mass is 10.0. The molecular formula is C18H18Cl2N2O. The van der Waals surface area contributed by atoms with E-state index in [4.69, 9.17) is 23.2 Å². The summed E-state index contributed by atoms with van der Waals surface area (Å²) < 4.78 is 0. The fourth-order valence-electron chi connectivity index (χ4n) is 2.92. The van der Waals surface area contributed by atoms with Crippen LogP contribution >= 0.6 is 23.2 Å². The number of rotatable bonds is 2. The first-order chi connectivity index (χ1) is 11.1. The van der Waals surface area contributed by atoms with Gasteiger partial charge >= 0.3 is 0 Å². The first-order valence-electron chi connectivity index (χ1n) is 7.56. The SMILES string of the molecule is CN1CCN(C(=O)c2ccc(Cl)c(Cl)c2)[C@H](c2ccccc2)C1. The van der Waals surface area contributed by atoms with Crippen LogP contribution in [0.5, 0.6) is 0 Å². The molecule has 120 valence electrons. The van der Waals surface area contributed by atoms with E-state index in [2.05, 4.69) is 24.1 Å². The molecule has 0 N–H and O–H groups in total. The number of benzene rings is 2. The Morgan fingerprint density at radius 1 is 1.04 bits per heavy atom. The average molecular weight is 349 g/mol. The van der Waals surface area contributed by atoms with Gasteiger partial charge in [-0.3, -0.25) is 4.79 Å². The third-order valence-electron chi connectivity index (χ3n) is 4.20. The highest BCUT2D eigenvalue weighted by Gasteiger charge is 2.30. The number of hydrogen-bond donors (Lipinski definition) is 0. The van der Waals surface area contributed by atoms with Gasteiger partial charge in [0, 0.05) is 25.2 Å². The molecule has 1 aliphatic heterocycles. The molecular weight excluding hydrogens is 331 g/mol. The second-order valence-electron chi connectivity index (χ2n) is 5.82.